The third-order valence-corrected chi connectivity index (χ3v) is 5.97. The molecule has 128 valence electrons. The minimum absolute atomic E-state index is 0.0821. The van der Waals surface area contributed by atoms with Gasteiger partial charge in [0.15, 0.2) is 0 Å². The molecule has 3 heterocycles. The van der Waals surface area contributed by atoms with Crippen molar-refractivity contribution < 1.29 is 9.21 Å². The number of fused-ring (bicyclic) bond motifs is 2. The maximum absolute atomic E-state index is 12.9. The Labute approximate surface area is 146 Å². The number of carbonyl (C=O) groups is 1. The smallest absolute Gasteiger partial charge is 0.253 e. The molecule has 1 aromatic heterocycles. The van der Waals surface area contributed by atoms with Crippen LogP contribution in [0.3, 0.4) is 0 Å². The van der Waals surface area contributed by atoms with Crippen molar-refractivity contribution in [1.82, 2.24) is 10.2 Å². The van der Waals surface area contributed by atoms with Crippen LogP contribution in [0.25, 0.3) is 0 Å². The summed E-state index contributed by atoms with van der Waals surface area (Å²) in [6.45, 7) is 2.74. The molecule has 1 amide bonds. The highest BCUT2D eigenvalue weighted by Gasteiger charge is 2.59. The van der Waals surface area contributed by atoms with E-state index in [9.17, 15) is 4.79 Å². The van der Waals surface area contributed by atoms with E-state index < -0.39 is 5.54 Å². The molecule has 1 aromatic carbocycles. The Balaban J connectivity index is 1.40. The molecule has 0 radical (unpaired) electrons. The second-order valence-electron chi connectivity index (χ2n) is 7.38. The first kappa shape index (κ1) is 14.9. The second kappa shape index (κ2) is 5.56. The Morgan fingerprint density at radius 3 is 2.88 bits per heavy atom. The SMILES string of the molecule is O=C1NC(c2ccccc2)=N[C@]12CC[C@H]1CN(Cc3ccco3)C[C@H]12. The summed E-state index contributed by atoms with van der Waals surface area (Å²) in [5.74, 6) is 2.64. The van der Waals surface area contributed by atoms with E-state index in [0.29, 0.717) is 11.8 Å². The standard InChI is InChI=1S/C20H21N3O2/c24-19-20(22-18(21-19)14-5-2-1-3-6-14)9-8-15-11-23(13-17(15)20)12-16-7-4-10-25-16/h1-7,10,15,17H,8-9,11-13H2,(H,21,22,24)/t15-,17+,20-/m0/s1. The molecule has 5 heteroatoms. The molecule has 2 aliphatic heterocycles. The van der Waals surface area contributed by atoms with Gasteiger partial charge in [-0.25, -0.2) is 0 Å². The number of nitrogens with one attached hydrogen (secondary N) is 1. The molecule has 1 spiro atoms. The van der Waals surface area contributed by atoms with Crippen LogP contribution in [-0.4, -0.2) is 35.3 Å². The van der Waals surface area contributed by atoms with Crippen LogP contribution >= 0.6 is 0 Å². The molecule has 0 bridgehead atoms. The monoisotopic (exact) mass is 335 g/mol. The molecule has 1 aliphatic carbocycles. The molecule has 2 fully saturated rings. The van der Waals surface area contributed by atoms with Crippen LogP contribution in [0.15, 0.2) is 58.1 Å². The van der Waals surface area contributed by atoms with Crippen molar-refractivity contribution in [2.45, 2.75) is 24.9 Å². The fraction of sp³-hybridized carbons (Fsp3) is 0.400. The number of amides is 1. The number of carbonyl (C=O) groups excluding carboxylic acids is 1. The van der Waals surface area contributed by atoms with Crippen molar-refractivity contribution in [2.24, 2.45) is 16.8 Å². The molecule has 1 saturated carbocycles. The van der Waals surface area contributed by atoms with E-state index in [2.05, 4.69) is 10.2 Å². The number of aliphatic imine (C=N–C) groups is 1. The van der Waals surface area contributed by atoms with Gasteiger partial charge in [-0.05, 0) is 30.9 Å². The van der Waals surface area contributed by atoms with Crippen molar-refractivity contribution in [3.8, 4) is 0 Å². The van der Waals surface area contributed by atoms with Gasteiger partial charge in [0.1, 0.15) is 17.1 Å². The summed E-state index contributed by atoms with van der Waals surface area (Å²) in [5, 5.41) is 3.05. The average Bonchev–Trinajstić information content (AvgIpc) is 3.38. The van der Waals surface area contributed by atoms with Gasteiger partial charge < -0.3 is 9.73 Å². The van der Waals surface area contributed by atoms with Crippen molar-refractivity contribution in [1.29, 1.82) is 0 Å². The number of benzene rings is 1. The molecular formula is C20H21N3O2. The topological polar surface area (TPSA) is 57.8 Å². The summed E-state index contributed by atoms with van der Waals surface area (Å²) in [7, 11) is 0. The molecule has 25 heavy (non-hydrogen) atoms. The summed E-state index contributed by atoms with van der Waals surface area (Å²) in [6, 6.07) is 13.9. The van der Waals surface area contributed by atoms with Crippen molar-refractivity contribution in [3.05, 3.63) is 60.1 Å². The van der Waals surface area contributed by atoms with Crippen LogP contribution in [0.2, 0.25) is 0 Å². The van der Waals surface area contributed by atoms with Gasteiger partial charge in [-0.3, -0.25) is 14.7 Å². The Morgan fingerprint density at radius 2 is 2.08 bits per heavy atom. The Hall–Kier alpha value is -2.40. The van der Waals surface area contributed by atoms with Crippen LogP contribution in [-0.2, 0) is 11.3 Å². The highest BCUT2D eigenvalue weighted by molar-refractivity contribution is 6.15. The van der Waals surface area contributed by atoms with Gasteiger partial charge in [0.2, 0.25) is 0 Å². The zero-order valence-corrected chi connectivity index (χ0v) is 14.0. The van der Waals surface area contributed by atoms with E-state index in [1.807, 2.05) is 42.5 Å². The number of rotatable bonds is 3. The number of likely N-dealkylation sites (tertiary alicyclic amines) is 1. The van der Waals surface area contributed by atoms with Crippen molar-refractivity contribution >= 4 is 11.7 Å². The summed E-state index contributed by atoms with van der Waals surface area (Å²) in [6.07, 6.45) is 3.64. The fourth-order valence-electron chi connectivity index (χ4n) is 4.78. The van der Waals surface area contributed by atoms with Gasteiger partial charge in [0.05, 0.1) is 12.8 Å². The van der Waals surface area contributed by atoms with E-state index in [0.717, 1.165) is 49.6 Å². The Kier molecular flexibility index (Phi) is 3.31. The lowest BCUT2D eigenvalue weighted by Crippen LogP contribution is -2.44. The molecule has 0 unspecified atom stereocenters. The van der Waals surface area contributed by atoms with E-state index >= 15 is 0 Å². The van der Waals surface area contributed by atoms with Crippen LogP contribution in [0, 0.1) is 11.8 Å². The molecule has 3 atom stereocenters. The Morgan fingerprint density at radius 1 is 1.20 bits per heavy atom. The van der Waals surface area contributed by atoms with E-state index in [1.54, 1.807) is 6.26 Å². The van der Waals surface area contributed by atoms with E-state index in [1.165, 1.54) is 0 Å². The van der Waals surface area contributed by atoms with Gasteiger partial charge >= 0.3 is 0 Å². The highest BCUT2D eigenvalue weighted by atomic mass is 16.3. The summed E-state index contributed by atoms with van der Waals surface area (Å²) in [4.78, 5) is 20.2. The maximum atomic E-state index is 12.9. The second-order valence-corrected chi connectivity index (χ2v) is 7.38. The van der Waals surface area contributed by atoms with Crippen LogP contribution in [0.5, 0.6) is 0 Å². The number of nitrogens with zero attached hydrogens (tertiary/aromatic N) is 2. The number of amidine groups is 1. The summed E-state index contributed by atoms with van der Waals surface area (Å²) >= 11 is 0. The first-order chi connectivity index (χ1) is 12.2. The molecule has 5 rings (SSSR count). The quantitative estimate of drug-likeness (QED) is 0.937. The highest BCUT2D eigenvalue weighted by Crippen LogP contribution is 2.49. The maximum Gasteiger partial charge on any atom is 0.253 e. The zero-order chi connectivity index (χ0) is 16.9. The predicted molar refractivity (Wildman–Crippen MR) is 94.1 cm³/mol. The minimum atomic E-state index is -0.576. The van der Waals surface area contributed by atoms with Crippen LogP contribution < -0.4 is 5.32 Å². The number of hydrogen-bond donors (Lipinski definition) is 1. The minimum Gasteiger partial charge on any atom is -0.468 e. The molecule has 5 nitrogen and oxygen atoms in total. The third kappa shape index (κ3) is 2.34. The Bertz CT molecular complexity index is 815. The number of furan rings is 1. The van der Waals surface area contributed by atoms with Crippen molar-refractivity contribution in [3.63, 3.8) is 0 Å². The van der Waals surface area contributed by atoms with Gasteiger partial charge in [-0.15, -0.1) is 0 Å². The van der Waals surface area contributed by atoms with Gasteiger partial charge in [0.25, 0.3) is 5.91 Å². The van der Waals surface area contributed by atoms with Crippen molar-refractivity contribution in [2.75, 3.05) is 13.1 Å². The average molecular weight is 335 g/mol. The molecule has 2 aromatic rings. The molecule has 1 saturated heterocycles. The lowest BCUT2D eigenvalue weighted by Gasteiger charge is -2.25. The fourth-order valence-corrected chi connectivity index (χ4v) is 4.78. The summed E-state index contributed by atoms with van der Waals surface area (Å²) in [5.41, 5.74) is 0.412. The molecule has 1 N–H and O–H groups in total. The van der Waals surface area contributed by atoms with E-state index in [-0.39, 0.29) is 5.91 Å². The number of hydrogen-bond acceptors (Lipinski definition) is 4. The third-order valence-electron chi connectivity index (χ3n) is 5.97. The normalized spacial score (nSPS) is 31.4. The van der Waals surface area contributed by atoms with Gasteiger partial charge in [-0.2, -0.15) is 0 Å². The van der Waals surface area contributed by atoms with E-state index in [4.69, 9.17) is 9.41 Å². The first-order valence-electron chi connectivity index (χ1n) is 8.96. The summed E-state index contributed by atoms with van der Waals surface area (Å²) < 4.78 is 5.48. The largest absolute Gasteiger partial charge is 0.468 e. The van der Waals surface area contributed by atoms with Gasteiger partial charge in [0, 0.05) is 24.6 Å². The zero-order valence-electron chi connectivity index (χ0n) is 14.0. The first-order valence-corrected chi connectivity index (χ1v) is 8.96. The molecular weight excluding hydrogens is 314 g/mol. The lowest BCUT2D eigenvalue weighted by molar-refractivity contribution is -0.125. The lowest BCUT2D eigenvalue weighted by atomic mass is 9.85. The van der Waals surface area contributed by atoms with Crippen LogP contribution in [0.4, 0.5) is 0 Å². The van der Waals surface area contributed by atoms with Crippen LogP contribution in [0.1, 0.15) is 24.2 Å². The molecule has 3 aliphatic rings. The van der Waals surface area contributed by atoms with Gasteiger partial charge in [-0.1, -0.05) is 30.3 Å². The predicted octanol–water partition coefficient (Wildman–Crippen LogP) is 2.44.